The van der Waals surface area contributed by atoms with Gasteiger partial charge in [0.05, 0.1) is 6.07 Å². The maximum atomic E-state index is 8.64. The molecule has 0 radical (unpaired) electrons. The van der Waals surface area contributed by atoms with Crippen LogP contribution in [0.25, 0.3) is 0 Å². The molecule has 1 fully saturated rings. The average molecular weight is 195 g/mol. The Morgan fingerprint density at radius 3 is 2.79 bits per heavy atom. The van der Waals surface area contributed by atoms with Gasteiger partial charge in [-0.05, 0) is 37.8 Å². The van der Waals surface area contributed by atoms with Crippen LogP contribution in [0, 0.1) is 16.7 Å². The van der Waals surface area contributed by atoms with E-state index < -0.39 is 0 Å². The van der Waals surface area contributed by atoms with Crippen molar-refractivity contribution >= 4 is 0 Å². The van der Waals surface area contributed by atoms with E-state index in [4.69, 9.17) is 11.0 Å². The lowest BCUT2D eigenvalue weighted by molar-refractivity contribution is 0.259. The summed E-state index contributed by atoms with van der Waals surface area (Å²) in [4.78, 5) is 2.32. The lowest BCUT2D eigenvalue weighted by Gasteiger charge is -2.23. The zero-order valence-electron chi connectivity index (χ0n) is 9.29. The van der Waals surface area contributed by atoms with E-state index in [1.807, 2.05) is 0 Å². The monoisotopic (exact) mass is 195 g/mol. The summed E-state index contributed by atoms with van der Waals surface area (Å²) in [7, 11) is 0. The zero-order chi connectivity index (χ0) is 10.6. The third-order valence-corrected chi connectivity index (χ3v) is 3.05. The first-order chi connectivity index (χ1) is 6.53. The molecule has 1 heterocycles. The molecule has 0 aliphatic carbocycles. The number of likely N-dealkylation sites (tertiary alicyclic amines) is 1. The summed E-state index contributed by atoms with van der Waals surface area (Å²) in [6.07, 6.45) is 3.72. The van der Waals surface area contributed by atoms with Gasteiger partial charge in [-0.15, -0.1) is 0 Å². The molecule has 3 heteroatoms. The molecule has 0 aromatic heterocycles. The molecule has 0 spiro atoms. The Kier molecular flexibility index (Phi) is 3.91. The molecule has 3 nitrogen and oxygen atoms in total. The van der Waals surface area contributed by atoms with Crippen molar-refractivity contribution in [1.82, 2.24) is 4.90 Å². The number of hydrogen-bond acceptors (Lipinski definition) is 3. The van der Waals surface area contributed by atoms with Crippen molar-refractivity contribution in [1.29, 1.82) is 5.26 Å². The van der Waals surface area contributed by atoms with E-state index in [2.05, 4.69) is 24.8 Å². The number of nitrogens with two attached hydrogens (primary N) is 1. The minimum absolute atomic E-state index is 0.323. The molecule has 0 saturated carbocycles. The number of hydrogen-bond donors (Lipinski definition) is 1. The molecule has 80 valence electrons. The molecule has 0 aromatic carbocycles. The molecule has 0 aromatic rings. The van der Waals surface area contributed by atoms with Crippen LogP contribution < -0.4 is 5.73 Å². The van der Waals surface area contributed by atoms with Crippen LogP contribution in [0.5, 0.6) is 0 Å². The van der Waals surface area contributed by atoms with Crippen LogP contribution in [0.15, 0.2) is 0 Å². The largest absolute Gasteiger partial charge is 0.315 e. The fourth-order valence-corrected chi connectivity index (χ4v) is 1.98. The molecule has 2 N–H and O–H groups in total. The van der Waals surface area contributed by atoms with Crippen LogP contribution >= 0.6 is 0 Å². The van der Waals surface area contributed by atoms with E-state index in [1.54, 1.807) is 0 Å². The van der Waals surface area contributed by atoms with E-state index in [9.17, 15) is 0 Å². The Morgan fingerprint density at radius 2 is 2.14 bits per heavy atom. The highest BCUT2D eigenvalue weighted by atomic mass is 15.1. The Bertz CT molecular complexity index is 217. The minimum Gasteiger partial charge on any atom is -0.315 e. The van der Waals surface area contributed by atoms with E-state index in [0.717, 1.165) is 19.6 Å². The second kappa shape index (κ2) is 4.77. The Hall–Kier alpha value is -0.590. The van der Waals surface area contributed by atoms with E-state index in [-0.39, 0.29) is 6.04 Å². The lowest BCUT2D eigenvalue weighted by atomic mass is 9.85. The van der Waals surface area contributed by atoms with Gasteiger partial charge in [0.2, 0.25) is 0 Å². The number of nitrogens with zero attached hydrogens (tertiary/aromatic N) is 2. The van der Waals surface area contributed by atoms with E-state index >= 15 is 0 Å². The SMILES string of the molecule is CC1(C)CCCN(CC(N)C#N)CC1. The van der Waals surface area contributed by atoms with Crippen molar-refractivity contribution in [3.05, 3.63) is 0 Å². The Morgan fingerprint density at radius 1 is 1.43 bits per heavy atom. The van der Waals surface area contributed by atoms with Gasteiger partial charge >= 0.3 is 0 Å². The van der Waals surface area contributed by atoms with Gasteiger partial charge in [-0.2, -0.15) is 5.26 Å². The van der Waals surface area contributed by atoms with Gasteiger partial charge in [0.1, 0.15) is 6.04 Å². The summed E-state index contributed by atoms with van der Waals surface area (Å²) in [5, 5.41) is 8.64. The molecule has 0 bridgehead atoms. The van der Waals surface area contributed by atoms with Gasteiger partial charge < -0.3 is 10.6 Å². The van der Waals surface area contributed by atoms with Gasteiger partial charge in [0, 0.05) is 6.54 Å². The minimum atomic E-state index is -0.323. The molecule has 1 atom stereocenters. The average Bonchev–Trinajstić information content (AvgIpc) is 2.28. The molecule has 1 unspecified atom stereocenters. The predicted octanol–water partition coefficient (Wildman–Crippen LogP) is 1.35. The summed E-state index contributed by atoms with van der Waals surface area (Å²) in [6, 6.07) is 1.77. The van der Waals surface area contributed by atoms with E-state index in [0.29, 0.717) is 5.41 Å². The standard InChI is InChI=1S/C11H21N3/c1-11(2)4-3-6-14(7-5-11)9-10(13)8-12/h10H,3-7,9,13H2,1-2H3. The number of nitriles is 1. The van der Waals surface area contributed by atoms with Gasteiger partial charge in [-0.25, -0.2) is 0 Å². The van der Waals surface area contributed by atoms with Crippen molar-refractivity contribution in [2.24, 2.45) is 11.1 Å². The van der Waals surface area contributed by atoms with Crippen LogP contribution in [0.2, 0.25) is 0 Å². The molecular weight excluding hydrogens is 174 g/mol. The third-order valence-electron chi connectivity index (χ3n) is 3.05. The van der Waals surface area contributed by atoms with Crippen LogP contribution in [-0.4, -0.2) is 30.6 Å². The highest BCUT2D eigenvalue weighted by molar-refractivity contribution is 4.90. The first-order valence-corrected chi connectivity index (χ1v) is 5.41. The van der Waals surface area contributed by atoms with Crippen LogP contribution in [0.4, 0.5) is 0 Å². The predicted molar refractivity (Wildman–Crippen MR) is 57.7 cm³/mol. The highest BCUT2D eigenvalue weighted by Crippen LogP contribution is 2.29. The summed E-state index contributed by atoms with van der Waals surface area (Å²) >= 11 is 0. The molecular formula is C11H21N3. The molecule has 1 aliphatic heterocycles. The van der Waals surface area contributed by atoms with Crippen LogP contribution in [0.3, 0.4) is 0 Å². The Balaban J connectivity index is 2.39. The van der Waals surface area contributed by atoms with Crippen molar-refractivity contribution in [3.8, 4) is 6.07 Å². The normalized spacial score (nSPS) is 25.0. The smallest absolute Gasteiger partial charge is 0.106 e. The molecule has 1 rings (SSSR count). The van der Waals surface area contributed by atoms with Crippen molar-refractivity contribution < 1.29 is 0 Å². The highest BCUT2D eigenvalue weighted by Gasteiger charge is 2.23. The summed E-state index contributed by atoms with van der Waals surface area (Å²) in [5.74, 6) is 0. The number of rotatable bonds is 2. The summed E-state index contributed by atoms with van der Waals surface area (Å²) in [5.41, 5.74) is 6.08. The topological polar surface area (TPSA) is 53.0 Å². The van der Waals surface area contributed by atoms with Gasteiger partial charge in [0.15, 0.2) is 0 Å². The van der Waals surface area contributed by atoms with Gasteiger partial charge in [0.25, 0.3) is 0 Å². The summed E-state index contributed by atoms with van der Waals surface area (Å²) in [6.45, 7) is 7.55. The molecule has 14 heavy (non-hydrogen) atoms. The van der Waals surface area contributed by atoms with Crippen LogP contribution in [0.1, 0.15) is 33.1 Å². The van der Waals surface area contributed by atoms with Crippen molar-refractivity contribution in [2.45, 2.75) is 39.2 Å². The summed E-state index contributed by atoms with van der Waals surface area (Å²) < 4.78 is 0. The van der Waals surface area contributed by atoms with Crippen molar-refractivity contribution in [2.75, 3.05) is 19.6 Å². The van der Waals surface area contributed by atoms with Gasteiger partial charge in [-0.1, -0.05) is 13.8 Å². The second-order valence-electron chi connectivity index (χ2n) is 5.05. The fourth-order valence-electron chi connectivity index (χ4n) is 1.98. The quantitative estimate of drug-likeness (QED) is 0.723. The maximum Gasteiger partial charge on any atom is 0.106 e. The first-order valence-electron chi connectivity index (χ1n) is 5.41. The lowest BCUT2D eigenvalue weighted by Crippen LogP contribution is -2.37. The zero-order valence-corrected chi connectivity index (χ0v) is 9.29. The van der Waals surface area contributed by atoms with E-state index in [1.165, 1.54) is 19.3 Å². The Labute approximate surface area is 86.9 Å². The third kappa shape index (κ3) is 3.65. The molecule has 0 amide bonds. The molecule has 1 saturated heterocycles. The van der Waals surface area contributed by atoms with Gasteiger partial charge in [-0.3, -0.25) is 0 Å². The fraction of sp³-hybridized carbons (Fsp3) is 0.909. The molecule has 1 aliphatic rings. The maximum absolute atomic E-state index is 8.64. The second-order valence-corrected chi connectivity index (χ2v) is 5.05. The van der Waals surface area contributed by atoms with Crippen LogP contribution in [-0.2, 0) is 0 Å². The first kappa shape index (κ1) is 11.5. The van der Waals surface area contributed by atoms with Crippen molar-refractivity contribution in [3.63, 3.8) is 0 Å².